The van der Waals surface area contributed by atoms with E-state index < -0.39 is 18.3 Å². The van der Waals surface area contributed by atoms with Gasteiger partial charge in [0.15, 0.2) is 0 Å². The van der Waals surface area contributed by atoms with Gasteiger partial charge < -0.3 is 18.8 Å². The zero-order valence-electron chi connectivity index (χ0n) is 19.1. The maximum absolute atomic E-state index is 11.5. The number of methoxy groups -OCH3 is 2. The van der Waals surface area contributed by atoms with E-state index in [-0.39, 0.29) is 12.4 Å². The van der Waals surface area contributed by atoms with Crippen LogP contribution < -0.4 is 0 Å². The number of ether oxygens (including phenoxy) is 2. The third kappa shape index (κ3) is 5.21. The van der Waals surface area contributed by atoms with Crippen LogP contribution in [-0.4, -0.2) is 45.2 Å². The van der Waals surface area contributed by atoms with Crippen molar-refractivity contribution in [3.63, 3.8) is 0 Å². The molecule has 7 heteroatoms. The SMILES string of the molecule is C=N/C=C(C1=CC=C(OC)C(B2OC(C)(C)C(C)(C)O2)=CC1)\C(C)=C/CC(=O)OC. The van der Waals surface area contributed by atoms with Crippen LogP contribution in [0.25, 0.3) is 0 Å². The first-order valence-electron chi connectivity index (χ1n) is 9.97. The van der Waals surface area contributed by atoms with E-state index in [2.05, 4.69) is 17.8 Å². The molecule has 2 rings (SSSR count). The second-order valence-corrected chi connectivity index (χ2v) is 8.27. The second kappa shape index (κ2) is 9.62. The summed E-state index contributed by atoms with van der Waals surface area (Å²) in [5.74, 6) is 0.394. The standard InChI is InChI=1S/C23H32BNO5/c1-16(9-14-21(26)28-8)18(15-25-6)17-10-12-19(20(27-7)13-11-17)24-29-22(2,3)23(4,5)30-24/h9,11-13,15H,6,10,14H2,1-5,7-8H3/b16-9-,18-15+. The van der Waals surface area contributed by atoms with Crippen molar-refractivity contribution in [2.75, 3.05) is 14.2 Å². The van der Waals surface area contributed by atoms with E-state index in [0.717, 1.165) is 22.2 Å². The molecule has 162 valence electrons. The minimum Gasteiger partial charge on any atom is -0.497 e. The van der Waals surface area contributed by atoms with Crippen LogP contribution in [0.1, 0.15) is 47.5 Å². The molecule has 2 aliphatic rings. The zero-order valence-corrected chi connectivity index (χ0v) is 19.1. The van der Waals surface area contributed by atoms with Crippen molar-refractivity contribution in [2.45, 2.75) is 58.7 Å². The quantitative estimate of drug-likeness (QED) is 0.266. The fourth-order valence-electron chi connectivity index (χ4n) is 3.19. The molecule has 0 saturated carbocycles. The number of aliphatic imine (C=N–C) groups is 1. The molecule has 6 nitrogen and oxygen atoms in total. The molecule has 1 heterocycles. The molecule has 0 aromatic heterocycles. The van der Waals surface area contributed by atoms with E-state index in [1.54, 1.807) is 13.3 Å². The first kappa shape index (κ1) is 23.9. The van der Waals surface area contributed by atoms with Crippen LogP contribution in [0.5, 0.6) is 0 Å². The number of carbonyl (C=O) groups is 1. The molecule has 1 aliphatic carbocycles. The monoisotopic (exact) mass is 413 g/mol. The highest BCUT2D eigenvalue weighted by Gasteiger charge is 2.53. The van der Waals surface area contributed by atoms with Crippen LogP contribution in [0.2, 0.25) is 0 Å². The van der Waals surface area contributed by atoms with E-state index in [4.69, 9.17) is 18.8 Å². The lowest BCUT2D eigenvalue weighted by atomic mass is 9.76. The molecule has 0 spiro atoms. The molecule has 1 aliphatic heterocycles. The lowest BCUT2D eigenvalue weighted by Gasteiger charge is -2.32. The normalized spacial score (nSPS) is 21.3. The Morgan fingerprint density at radius 2 is 1.87 bits per heavy atom. The van der Waals surface area contributed by atoms with E-state index in [0.29, 0.717) is 12.2 Å². The smallest absolute Gasteiger partial charge is 0.497 e. The topological polar surface area (TPSA) is 66.3 Å². The Morgan fingerprint density at radius 1 is 1.23 bits per heavy atom. The first-order valence-corrected chi connectivity index (χ1v) is 9.97. The molecule has 0 aromatic rings. The van der Waals surface area contributed by atoms with Gasteiger partial charge in [-0.25, -0.2) is 0 Å². The Bertz CT molecular complexity index is 830. The molecule has 0 aromatic carbocycles. The number of rotatable bonds is 7. The van der Waals surface area contributed by atoms with Crippen LogP contribution in [0, 0.1) is 0 Å². The highest BCUT2D eigenvalue weighted by molar-refractivity contribution is 6.56. The predicted molar refractivity (Wildman–Crippen MR) is 120 cm³/mol. The fourth-order valence-corrected chi connectivity index (χ4v) is 3.19. The van der Waals surface area contributed by atoms with Crippen LogP contribution in [0.3, 0.4) is 0 Å². The summed E-state index contributed by atoms with van der Waals surface area (Å²) in [5, 5.41) is 0. The van der Waals surface area contributed by atoms with E-state index >= 15 is 0 Å². The molecule has 1 saturated heterocycles. The average molecular weight is 413 g/mol. The fraction of sp³-hybridized carbons (Fsp3) is 0.478. The molecule has 0 N–H and O–H groups in total. The molecule has 0 unspecified atom stereocenters. The number of nitrogens with zero attached hydrogens (tertiary/aromatic N) is 1. The number of hydrogen-bond donors (Lipinski definition) is 0. The van der Waals surface area contributed by atoms with E-state index in [9.17, 15) is 4.79 Å². The van der Waals surface area contributed by atoms with Gasteiger partial charge in [0.2, 0.25) is 0 Å². The minimum absolute atomic E-state index is 0.193. The van der Waals surface area contributed by atoms with Crippen molar-refractivity contribution in [2.24, 2.45) is 4.99 Å². The summed E-state index contributed by atoms with van der Waals surface area (Å²) in [6, 6.07) is 0. The van der Waals surface area contributed by atoms with Gasteiger partial charge in [-0.1, -0.05) is 18.2 Å². The molecular formula is C23H32BNO5. The summed E-state index contributed by atoms with van der Waals surface area (Å²) in [5.41, 5.74) is 2.80. The van der Waals surface area contributed by atoms with Gasteiger partial charge in [-0.05, 0) is 70.6 Å². The first-order chi connectivity index (χ1) is 14.1. The van der Waals surface area contributed by atoms with E-state index in [1.165, 1.54) is 7.11 Å². The summed E-state index contributed by atoms with van der Waals surface area (Å²) >= 11 is 0. The molecule has 0 atom stereocenters. The summed E-state index contributed by atoms with van der Waals surface area (Å²) in [6.07, 6.45) is 10.3. The predicted octanol–water partition coefficient (Wildman–Crippen LogP) is 4.50. The van der Waals surface area contributed by atoms with Crippen LogP contribution in [0.4, 0.5) is 0 Å². The van der Waals surface area contributed by atoms with Crippen molar-refractivity contribution in [3.8, 4) is 0 Å². The Morgan fingerprint density at radius 3 is 2.40 bits per heavy atom. The van der Waals surface area contributed by atoms with Crippen LogP contribution in [-0.2, 0) is 23.6 Å². The lowest BCUT2D eigenvalue weighted by molar-refractivity contribution is -0.139. The zero-order chi connectivity index (χ0) is 22.5. The molecule has 1 fully saturated rings. The molecule has 0 amide bonds. The highest BCUT2D eigenvalue weighted by atomic mass is 16.7. The van der Waals surface area contributed by atoms with Gasteiger partial charge in [0.25, 0.3) is 0 Å². The Labute approximate surface area is 180 Å². The summed E-state index contributed by atoms with van der Waals surface area (Å²) in [6.45, 7) is 13.6. The van der Waals surface area contributed by atoms with Gasteiger partial charge >= 0.3 is 13.1 Å². The second-order valence-electron chi connectivity index (χ2n) is 8.27. The Balaban J connectivity index is 2.34. The van der Waals surface area contributed by atoms with Crippen molar-refractivity contribution in [3.05, 3.63) is 58.5 Å². The molecule has 0 bridgehead atoms. The number of allylic oxidation sites excluding steroid dienone is 7. The minimum atomic E-state index is -0.519. The van der Waals surface area contributed by atoms with Crippen molar-refractivity contribution in [1.29, 1.82) is 0 Å². The van der Waals surface area contributed by atoms with Crippen molar-refractivity contribution < 1.29 is 23.6 Å². The number of hydrogen-bond acceptors (Lipinski definition) is 6. The third-order valence-corrected chi connectivity index (χ3v) is 5.78. The third-order valence-electron chi connectivity index (χ3n) is 5.78. The van der Waals surface area contributed by atoms with Gasteiger partial charge in [0.1, 0.15) is 5.76 Å². The Hall–Kier alpha value is -2.38. The van der Waals surface area contributed by atoms with Gasteiger partial charge in [0.05, 0.1) is 31.8 Å². The van der Waals surface area contributed by atoms with Gasteiger partial charge in [-0.3, -0.25) is 9.79 Å². The van der Waals surface area contributed by atoms with Gasteiger partial charge in [0, 0.05) is 11.7 Å². The largest absolute Gasteiger partial charge is 0.498 e. The maximum Gasteiger partial charge on any atom is 0.498 e. The molecule has 30 heavy (non-hydrogen) atoms. The van der Waals surface area contributed by atoms with Crippen LogP contribution >= 0.6 is 0 Å². The molecule has 0 radical (unpaired) electrons. The summed E-state index contributed by atoms with van der Waals surface area (Å²) in [4.78, 5) is 15.5. The van der Waals surface area contributed by atoms with Crippen molar-refractivity contribution in [1.82, 2.24) is 0 Å². The van der Waals surface area contributed by atoms with Gasteiger partial charge in [-0.2, -0.15) is 0 Å². The number of carbonyl (C=O) groups excluding carboxylic acids is 1. The lowest BCUT2D eigenvalue weighted by Crippen LogP contribution is -2.41. The van der Waals surface area contributed by atoms with Crippen LogP contribution in [0.15, 0.2) is 63.4 Å². The molecular weight excluding hydrogens is 381 g/mol. The summed E-state index contributed by atoms with van der Waals surface area (Å²) in [7, 11) is 2.49. The average Bonchev–Trinajstić information content (AvgIpc) is 2.83. The summed E-state index contributed by atoms with van der Waals surface area (Å²) < 4.78 is 22.8. The van der Waals surface area contributed by atoms with Gasteiger partial charge in [-0.15, -0.1) is 0 Å². The number of esters is 1. The Kier molecular flexibility index (Phi) is 7.67. The van der Waals surface area contributed by atoms with E-state index in [1.807, 2.05) is 52.8 Å². The maximum atomic E-state index is 11.5. The van der Waals surface area contributed by atoms with Crippen molar-refractivity contribution >= 4 is 19.8 Å². The highest BCUT2D eigenvalue weighted by Crippen LogP contribution is 2.40.